The van der Waals surface area contributed by atoms with Crippen molar-refractivity contribution in [1.29, 1.82) is 0 Å². The maximum Gasteiger partial charge on any atom is 0.137 e. The second-order valence-corrected chi connectivity index (χ2v) is 9.71. The molecule has 1 aliphatic heterocycles. The molecule has 1 fully saturated rings. The summed E-state index contributed by atoms with van der Waals surface area (Å²) in [5.41, 5.74) is 1.88. The number of rotatable bonds is 4. The van der Waals surface area contributed by atoms with E-state index in [1.807, 2.05) is 32.9 Å². The Balaban J connectivity index is 1.82. The van der Waals surface area contributed by atoms with Crippen LogP contribution < -0.4 is 10.4 Å². The summed E-state index contributed by atoms with van der Waals surface area (Å²) >= 11 is 12.1. The first-order valence-electron chi connectivity index (χ1n) is 10.0. The van der Waals surface area contributed by atoms with Crippen LogP contribution in [0.2, 0.25) is 10.0 Å². The minimum atomic E-state index is -1.14. The van der Waals surface area contributed by atoms with E-state index in [-0.39, 0.29) is 23.3 Å². The first kappa shape index (κ1) is 22.7. The van der Waals surface area contributed by atoms with Crippen molar-refractivity contribution in [3.8, 4) is 0 Å². The number of nitrogens with one attached hydrogen (secondary N) is 1. The fourth-order valence-electron chi connectivity index (χ4n) is 4.08. The molecule has 1 saturated heterocycles. The van der Waals surface area contributed by atoms with Gasteiger partial charge in [-0.3, -0.25) is 0 Å². The van der Waals surface area contributed by atoms with E-state index in [1.165, 1.54) is 11.0 Å². The molecular weight excluding hydrogens is 426 g/mol. The highest BCUT2D eigenvalue weighted by atomic mass is 35.5. The van der Waals surface area contributed by atoms with Gasteiger partial charge in [0.25, 0.3) is 0 Å². The molecule has 7 heteroatoms. The fourth-order valence-corrected chi connectivity index (χ4v) is 4.40. The number of halogens is 3. The number of carbonyl (C=O) groups excluding carboxylic acids is 1. The maximum atomic E-state index is 14.7. The largest absolute Gasteiger partial charge is 0.530 e. The molecule has 2 aromatic carbocycles. The van der Waals surface area contributed by atoms with Crippen molar-refractivity contribution >= 4 is 35.0 Å². The smallest absolute Gasteiger partial charge is 0.137 e. The molecule has 0 aliphatic carbocycles. The van der Waals surface area contributed by atoms with Gasteiger partial charge in [0.05, 0.1) is 10.0 Å². The van der Waals surface area contributed by atoms with Crippen molar-refractivity contribution < 1.29 is 14.3 Å². The van der Waals surface area contributed by atoms with Gasteiger partial charge in [0.15, 0.2) is 0 Å². The quantitative estimate of drug-likeness (QED) is 0.680. The lowest BCUT2D eigenvalue weighted by Gasteiger charge is -2.47. The lowest BCUT2D eigenvalue weighted by atomic mass is 9.79. The molecule has 0 spiro atoms. The molecule has 1 heterocycles. The second kappa shape index (κ2) is 9.03. The van der Waals surface area contributed by atoms with Gasteiger partial charge in [-0.1, -0.05) is 56.1 Å². The molecule has 162 valence electrons. The van der Waals surface area contributed by atoms with Crippen LogP contribution in [0.4, 0.5) is 14.9 Å². The van der Waals surface area contributed by atoms with Crippen LogP contribution in [0.1, 0.15) is 44.7 Å². The summed E-state index contributed by atoms with van der Waals surface area (Å²) in [5.74, 6) is -0.300. The first-order chi connectivity index (χ1) is 14.1. The monoisotopic (exact) mass is 451 g/mol. The average molecular weight is 452 g/mol. The summed E-state index contributed by atoms with van der Waals surface area (Å²) in [6.07, 6.45) is 0.482. The summed E-state index contributed by atoms with van der Waals surface area (Å²) in [7, 11) is 0. The molecule has 2 unspecified atom stereocenters. The molecule has 0 aromatic heterocycles. The summed E-state index contributed by atoms with van der Waals surface area (Å²) < 4.78 is 14.7. The minimum Gasteiger partial charge on any atom is -0.530 e. The highest BCUT2D eigenvalue weighted by molar-refractivity contribution is 6.42. The number of piperidine rings is 1. The molecule has 3 rings (SSSR count). The molecule has 2 aromatic rings. The maximum absolute atomic E-state index is 14.7. The van der Waals surface area contributed by atoms with Gasteiger partial charge in [-0.15, -0.1) is 0 Å². The summed E-state index contributed by atoms with van der Waals surface area (Å²) in [6.45, 7) is 6.45. The number of carboxylic acid groups (broad SMARTS) is 1. The Morgan fingerprint density at radius 3 is 2.60 bits per heavy atom. The van der Waals surface area contributed by atoms with Gasteiger partial charge in [-0.25, -0.2) is 4.39 Å². The topological polar surface area (TPSA) is 55.4 Å². The molecule has 0 bridgehead atoms. The highest BCUT2D eigenvalue weighted by Gasteiger charge is 2.36. The zero-order valence-corrected chi connectivity index (χ0v) is 18.9. The molecule has 30 heavy (non-hydrogen) atoms. The third kappa shape index (κ3) is 5.19. The Morgan fingerprint density at radius 2 is 1.97 bits per heavy atom. The van der Waals surface area contributed by atoms with E-state index in [0.717, 1.165) is 5.56 Å². The van der Waals surface area contributed by atoms with Crippen LogP contribution in [-0.2, 0) is 6.42 Å². The van der Waals surface area contributed by atoms with E-state index in [9.17, 15) is 14.3 Å². The Hall–Kier alpha value is -1.98. The second-order valence-electron chi connectivity index (χ2n) is 8.90. The third-order valence-electron chi connectivity index (χ3n) is 5.68. The zero-order chi connectivity index (χ0) is 22.1. The molecule has 1 aliphatic rings. The summed E-state index contributed by atoms with van der Waals surface area (Å²) in [4.78, 5) is 13.0. The molecular formula is C23H26Cl2FN2O2-. The Bertz CT molecular complexity index is 930. The van der Waals surface area contributed by atoms with Crippen LogP contribution in [0.25, 0.3) is 0 Å². The normalized spacial score (nSPS) is 19.6. The van der Waals surface area contributed by atoms with E-state index in [4.69, 9.17) is 23.2 Å². The van der Waals surface area contributed by atoms with Crippen molar-refractivity contribution in [3.63, 3.8) is 0 Å². The van der Waals surface area contributed by atoms with E-state index in [2.05, 4.69) is 5.32 Å². The lowest BCUT2D eigenvalue weighted by molar-refractivity contribution is -0.271. The average Bonchev–Trinajstić information content (AvgIpc) is 2.66. The van der Waals surface area contributed by atoms with Crippen LogP contribution in [0, 0.1) is 11.2 Å². The lowest BCUT2D eigenvalue weighted by Crippen LogP contribution is -2.57. The van der Waals surface area contributed by atoms with Crippen LogP contribution >= 0.6 is 23.2 Å². The van der Waals surface area contributed by atoms with Gasteiger partial charge in [0, 0.05) is 36.3 Å². The Kier molecular flexibility index (Phi) is 6.83. The number of hydrogen-bond donors (Lipinski definition) is 1. The van der Waals surface area contributed by atoms with Gasteiger partial charge < -0.3 is 20.1 Å². The van der Waals surface area contributed by atoms with E-state index in [1.54, 1.807) is 18.2 Å². The Morgan fingerprint density at radius 1 is 1.23 bits per heavy atom. The molecule has 4 nitrogen and oxygen atoms in total. The van der Waals surface area contributed by atoms with Crippen molar-refractivity contribution in [2.24, 2.45) is 5.41 Å². The number of carbonyl (C=O) groups is 1. The van der Waals surface area contributed by atoms with E-state index in [0.29, 0.717) is 47.1 Å². The highest BCUT2D eigenvalue weighted by Crippen LogP contribution is 2.34. The fraction of sp³-hybridized carbons (Fsp3) is 0.435. The minimum absolute atomic E-state index is 0.0270. The van der Waals surface area contributed by atoms with Crippen molar-refractivity contribution in [3.05, 3.63) is 63.4 Å². The van der Waals surface area contributed by atoms with E-state index < -0.39 is 6.09 Å². The molecule has 1 N–H and O–H groups in total. The van der Waals surface area contributed by atoms with Crippen molar-refractivity contribution in [1.82, 2.24) is 4.90 Å². The predicted octanol–water partition coefficient (Wildman–Crippen LogP) is 5.36. The van der Waals surface area contributed by atoms with Gasteiger partial charge in [-0.2, -0.15) is 0 Å². The van der Waals surface area contributed by atoms with Crippen LogP contribution in [0.15, 0.2) is 36.4 Å². The summed E-state index contributed by atoms with van der Waals surface area (Å²) in [6, 6.07) is 10.1. The molecule has 2 atom stereocenters. The number of amides is 1. The Labute approximate surface area is 187 Å². The number of benzene rings is 2. The van der Waals surface area contributed by atoms with Crippen LogP contribution in [-0.4, -0.2) is 29.6 Å². The predicted molar refractivity (Wildman–Crippen MR) is 118 cm³/mol. The van der Waals surface area contributed by atoms with Gasteiger partial charge in [0.2, 0.25) is 0 Å². The van der Waals surface area contributed by atoms with Crippen molar-refractivity contribution in [2.75, 3.05) is 11.9 Å². The first-order valence-corrected chi connectivity index (χ1v) is 10.8. The van der Waals surface area contributed by atoms with Crippen molar-refractivity contribution in [2.45, 2.75) is 52.1 Å². The molecule has 0 saturated carbocycles. The van der Waals surface area contributed by atoms with Crippen LogP contribution in [0.3, 0.4) is 0 Å². The van der Waals surface area contributed by atoms with Gasteiger partial charge >= 0.3 is 0 Å². The number of hydrogen-bond acceptors (Lipinski definition) is 3. The van der Waals surface area contributed by atoms with Crippen LogP contribution in [0.5, 0.6) is 0 Å². The van der Waals surface area contributed by atoms with Gasteiger partial charge in [0.1, 0.15) is 11.9 Å². The zero-order valence-electron chi connectivity index (χ0n) is 17.3. The summed E-state index contributed by atoms with van der Waals surface area (Å²) in [5, 5.41) is 15.9. The standard InChI is InChI=1S/C23H27Cl2FN2O2/c1-23(2,3)21-13-15(9-10-28(21)22(29)30)27-20-6-4-5-19(26)16(20)11-14-7-8-17(24)18(25)12-14/h4-8,12,15,21,27H,9-11,13H2,1-3H3,(H,29,30)/p-1. The number of likely N-dealkylation sites (tertiary alicyclic amines) is 1. The number of anilines is 1. The third-order valence-corrected chi connectivity index (χ3v) is 6.42. The molecule has 0 radical (unpaired) electrons. The SMILES string of the molecule is CC(C)(C)C1CC(Nc2cccc(F)c2Cc2ccc(Cl)c(Cl)c2)CCN1C(=O)[O-]. The number of nitrogens with zero attached hydrogens (tertiary/aromatic N) is 1. The molecule has 1 amide bonds. The van der Waals surface area contributed by atoms with E-state index >= 15 is 0 Å². The van der Waals surface area contributed by atoms with Gasteiger partial charge in [-0.05, 0) is 48.1 Å².